The zero-order valence-electron chi connectivity index (χ0n) is 10.9. The van der Waals surface area contributed by atoms with Crippen molar-refractivity contribution in [3.8, 4) is 0 Å². The van der Waals surface area contributed by atoms with E-state index in [1.807, 2.05) is 18.2 Å². The molecule has 1 aromatic heterocycles. The van der Waals surface area contributed by atoms with Crippen molar-refractivity contribution >= 4 is 44.6 Å². The van der Waals surface area contributed by atoms with E-state index < -0.39 is 0 Å². The summed E-state index contributed by atoms with van der Waals surface area (Å²) in [7, 11) is 0. The van der Waals surface area contributed by atoms with Crippen molar-refractivity contribution < 1.29 is 9.18 Å². The molecule has 0 bridgehead atoms. The maximum absolute atomic E-state index is 13.2. The van der Waals surface area contributed by atoms with Gasteiger partial charge in [0.2, 0.25) is 0 Å². The predicted molar refractivity (Wildman–Crippen MR) is 85.7 cm³/mol. The second-order valence-corrected chi connectivity index (χ2v) is 5.93. The zero-order chi connectivity index (χ0) is 14.8. The fourth-order valence-corrected chi connectivity index (χ4v) is 3.19. The number of benzene rings is 2. The lowest BCUT2D eigenvalue weighted by atomic mass is 10.2. The summed E-state index contributed by atoms with van der Waals surface area (Å²) in [4.78, 5) is 12.8. The van der Waals surface area contributed by atoms with E-state index in [0.717, 1.165) is 15.6 Å². The van der Waals surface area contributed by atoms with Gasteiger partial charge in [0.1, 0.15) is 5.82 Å². The summed E-state index contributed by atoms with van der Waals surface area (Å²) in [6.45, 7) is 0. The van der Waals surface area contributed by atoms with Crippen molar-refractivity contribution in [2.24, 2.45) is 0 Å². The Hall–Kier alpha value is -1.91. The number of carbonyl (C=O) groups is 1. The first-order valence-corrected chi connectivity index (χ1v) is 7.66. The molecule has 0 aliphatic carbocycles. The Bertz CT molecular complexity index is 815. The maximum atomic E-state index is 13.2. The highest BCUT2D eigenvalue weighted by atomic mass is 35.5. The average Bonchev–Trinajstić information content (AvgIpc) is 2.90. The maximum Gasteiger partial charge on any atom is 0.265 e. The third kappa shape index (κ3) is 3.06. The molecule has 21 heavy (non-hydrogen) atoms. The quantitative estimate of drug-likeness (QED) is 0.674. The molecule has 0 atom stereocenters. The Balaban J connectivity index is 1.86. The highest BCUT2D eigenvalue weighted by Gasteiger charge is 2.11. The molecule has 3 rings (SSSR count). The van der Waals surface area contributed by atoms with Crippen LogP contribution in [0.5, 0.6) is 0 Å². The van der Waals surface area contributed by atoms with Crippen molar-refractivity contribution in [3.63, 3.8) is 0 Å². The molecule has 1 amide bonds. The van der Waals surface area contributed by atoms with Gasteiger partial charge in [-0.1, -0.05) is 18.2 Å². The van der Waals surface area contributed by atoms with E-state index >= 15 is 0 Å². The number of alkyl halides is 1. The van der Waals surface area contributed by atoms with Crippen molar-refractivity contribution in [1.29, 1.82) is 0 Å². The number of rotatable bonds is 3. The molecule has 0 saturated heterocycles. The van der Waals surface area contributed by atoms with Crippen LogP contribution in [0.15, 0.2) is 48.5 Å². The fourth-order valence-electron chi connectivity index (χ4n) is 2.04. The molecule has 0 saturated carbocycles. The molecule has 2 aromatic carbocycles. The summed E-state index contributed by atoms with van der Waals surface area (Å²) < 4.78 is 13.9. The molecule has 0 fully saturated rings. The lowest BCUT2D eigenvalue weighted by molar-refractivity contribution is 0.103. The summed E-state index contributed by atoms with van der Waals surface area (Å²) in [5.74, 6) is -0.110. The van der Waals surface area contributed by atoms with Gasteiger partial charge in [0.25, 0.3) is 5.91 Å². The van der Waals surface area contributed by atoms with Gasteiger partial charge in [-0.2, -0.15) is 0 Å². The number of anilines is 1. The Kier molecular flexibility index (Phi) is 3.90. The first kappa shape index (κ1) is 14.0. The van der Waals surface area contributed by atoms with Crippen LogP contribution in [0.3, 0.4) is 0 Å². The molecule has 0 aliphatic rings. The van der Waals surface area contributed by atoms with Gasteiger partial charge in [0.15, 0.2) is 0 Å². The minimum atomic E-state index is -0.300. The molecule has 3 aromatic rings. The lowest BCUT2D eigenvalue weighted by Crippen LogP contribution is -2.10. The van der Waals surface area contributed by atoms with Crippen LogP contribution in [0.2, 0.25) is 0 Å². The van der Waals surface area contributed by atoms with Crippen LogP contribution in [-0.4, -0.2) is 5.91 Å². The van der Waals surface area contributed by atoms with Gasteiger partial charge >= 0.3 is 0 Å². The van der Waals surface area contributed by atoms with Gasteiger partial charge in [-0.3, -0.25) is 4.79 Å². The summed E-state index contributed by atoms with van der Waals surface area (Å²) >= 11 is 7.05. The Morgan fingerprint density at radius 1 is 1.19 bits per heavy atom. The fraction of sp³-hybridized carbons (Fsp3) is 0.0625. The monoisotopic (exact) mass is 319 g/mol. The first-order chi connectivity index (χ1) is 10.2. The molecule has 0 unspecified atom stereocenters. The number of halogens is 2. The SMILES string of the molecule is O=C(Nc1cccc(CCl)c1)c1cc2ccc(F)cc2s1. The van der Waals surface area contributed by atoms with Gasteiger partial charge < -0.3 is 5.32 Å². The van der Waals surface area contributed by atoms with Gasteiger partial charge in [0.05, 0.1) is 4.88 Å². The van der Waals surface area contributed by atoms with E-state index in [-0.39, 0.29) is 11.7 Å². The van der Waals surface area contributed by atoms with Crippen molar-refractivity contribution in [3.05, 3.63) is 64.8 Å². The third-order valence-corrected chi connectivity index (χ3v) is 4.45. The van der Waals surface area contributed by atoms with Crippen molar-refractivity contribution in [2.45, 2.75) is 5.88 Å². The average molecular weight is 320 g/mol. The molecule has 0 aliphatic heterocycles. The number of thiophene rings is 1. The molecule has 0 radical (unpaired) electrons. The highest BCUT2D eigenvalue weighted by molar-refractivity contribution is 7.20. The van der Waals surface area contributed by atoms with Crippen LogP contribution in [0.4, 0.5) is 10.1 Å². The molecule has 0 spiro atoms. The summed E-state index contributed by atoms with van der Waals surface area (Å²) in [6.07, 6.45) is 0. The standard InChI is InChI=1S/C16H11ClFNOS/c17-9-10-2-1-3-13(6-10)19-16(20)15-7-11-4-5-12(18)8-14(11)21-15/h1-8H,9H2,(H,19,20). The molecular formula is C16H11ClFNOS. The highest BCUT2D eigenvalue weighted by Crippen LogP contribution is 2.27. The Labute approximate surface area is 130 Å². The largest absolute Gasteiger partial charge is 0.321 e. The third-order valence-electron chi connectivity index (χ3n) is 3.05. The Morgan fingerprint density at radius 3 is 2.86 bits per heavy atom. The number of carbonyl (C=O) groups excluding carboxylic acids is 1. The second-order valence-electron chi connectivity index (χ2n) is 4.58. The molecule has 1 heterocycles. The van der Waals surface area contributed by atoms with Crippen LogP contribution >= 0.6 is 22.9 Å². The van der Waals surface area contributed by atoms with Crippen LogP contribution in [0.1, 0.15) is 15.2 Å². The van der Waals surface area contributed by atoms with Crippen LogP contribution in [0, 0.1) is 5.82 Å². The topological polar surface area (TPSA) is 29.1 Å². The molecule has 5 heteroatoms. The van der Waals surface area contributed by atoms with Crippen LogP contribution in [0.25, 0.3) is 10.1 Å². The number of fused-ring (bicyclic) bond motifs is 1. The first-order valence-electron chi connectivity index (χ1n) is 6.31. The number of hydrogen-bond acceptors (Lipinski definition) is 2. The Morgan fingerprint density at radius 2 is 2.05 bits per heavy atom. The summed E-state index contributed by atoms with van der Waals surface area (Å²) in [6, 6.07) is 13.6. The van der Waals surface area contributed by atoms with Gasteiger partial charge in [-0.25, -0.2) is 4.39 Å². The minimum Gasteiger partial charge on any atom is -0.321 e. The van der Waals surface area contributed by atoms with E-state index in [1.165, 1.54) is 23.5 Å². The normalized spacial score (nSPS) is 10.8. The van der Waals surface area contributed by atoms with E-state index in [0.29, 0.717) is 16.4 Å². The summed E-state index contributed by atoms with van der Waals surface area (Å²) in [5, 5.41) is 3.69. The van der Waals surface area contributed by atoms with Gasteiger partial charge in [0, 0.05) is 16.3 Å². The van der Waals surface area contributed by atoms with Crippen LogP contribution in [-0.2, 0) is 5.88 Å². The predicted octanol–water partition coefficient (Wildman–Crippen LogP) is 5.03. The number of hydrogen-bond donors (Lipinski definition) is 1. The smallest absolute Gasteiger partial charge is 0.265 e. The van der Waals surface area contributed by atoms with Crippen LogP contribution < -0.4 is 5.32 Å². The van der Waals surface area contributed by atoms with E-state index in [9.17, 15) is 9.18 Å². The summed E-state index contributed by atoms with van der Waals surface area (Å²) in [5.41, 5.74) is 1.63. The zero-order valence-corrected chi connectivity index (χ0v) is 12.5. The molecular weight excluding hydrogens is 309 g/mol. The van der Waals surface area contributed by atoms with Gasteiger partial charge in [-0.15, -0.1) is 22.9 Å². The van der Waals surface area contributed by atoms with Gasteiger partial charge in [-0.05, 0) is 41.3 Å². The molecule has 1 N–H and O–H groups in total. The van der Waals surface area contributed by atoms with E-state index in [1.54, 1.807) is 18.2 Å². The number of amides is 1. The molecule has 2 nitrogen and oxygen atoms in total. The van der Waals surface area contributed by atoms with Crippen molar-refractivity contribution in [2.75, 3.05) is 5.32 Å². The second kappa shape index (κ2) is 5.84. The lowest BCUT2D eigenvalue weighted by Gasteiger charge is -2.04. The minimum absolute atomic E-state index is 0.205. The molecule has 106 valence electrons. The van der Waals surface area contributed by atoms with E-state index in [2.05, 4.69) is 5.32 Å². The van der Waals surface area contributed by atoms with Crippen molar-refractivity contribution in [1.82, 2.24) is 0 Å². The van der Waals surface area contributed by atoms with E-state index in [4.69, 9.17) is 11.6 Å². The number of nitrogens with one attached hydrogen (secondary N) is 1.